The van der Waals surface area contributed by atoms with E-state index in [1.165, 1.54) is 0 Å². The summed E-state index contributed by atoms with van der Waals surface area (Å²) in [7, 11) is 3.50. The summed E-state index contributed by atoms with van der Waals surface area (Å²) in [6.45, 7) is 2.05. The van der Waals surface area contributed by atoms with Gasteiger partial charge >= 0.3 is 0 Å². The molecule has 0 aliphatic carbocycles. The first kappa shape index (κ1) is 13.5. The molecule has 1 amide bonds. The minimum atomic E-state index is 0.00459. The normalized spacial score (nSPS) is 11.9. The molecule has 100 valence electrons. The molecule has 1 unspecified atom stereocenters. The first-order chi connectivity index (χ1) is 9.08. The maximum absolute atomic E-state index is 11.9. The Morgan fingerprint density at radius 1 is 1.42 bits per heavy atom. The van der Waals surface area contributed by atoms with Crippen molar-refractivity contribution in [2.24, 2.45) is 0 Å². The van der Waals surface area contributed by atoms with Crippen LogP contribution in [-0.4, -0.2) is 29.9 Å². The minimum Gasteiger partial charge on any atom is -0.377 e. The van der Waals surface area contributed by atoms with Gasteiger partial charge in [0.1, 0.15) is 0 Å². The summed E-state index contributed by atoms with van der Waals surface area (Å²) in [6.07, 6.45) is 0. The van der Waals surface area contributed by atoms with Crippen LogP contribution in [0.2, 0.25) is 0 Å². The molecule has 1 N–H and O–H groups in total. The molecule has 0 spiro atoms. The van der Waals surface area contributed by atoms with Gasteiger partial charge in [0, 0.05) is 30.7 Å². The third-order valence-electron chi connectivity index (χ3n) is 2.79. The lowest BCUT2D eigenvalue weighted by Crippen LogP contribution is -2.21. The van der Waals surface area contributed by atoms with Crippen LogP contribution in [0.25, 0.3) is 0 Å². The van der Waals surface area contributed by atoms with Crippen molar-refractivity contribution in [3.8, 4) is 0 Å². The van der Waals surface area contributed by atoms with Gasteiger partial charge in [-0.2, -0.15) is 0 Å². The number of carbonyl (C=O) groups is 1. The predicted octanol–water partition coefficient (Wildman–Crippen LogP) is 3.02. The van der Waals surface area contributed by atoms with E-state index in [0.29, 0.717) is 5.56 Å². The van der Waals surface area contributed by atoms with Crippen molar-refractivity contribution in [3.63, 3.8) is 0 Å². The number of nitrogens with zero attached hydrogens (tertiary/aromatic N) is 2. The molecule has 2 aromatic rings. The van der Waals surface area contributed by atoms with E-state index < -0.39 is 0 Å². The van der Waals surface area contributed by atoms with Crippen molar-refractivity contribution in [1.29, 1.82) is 0 Å². The number of rotatable bonds is 4. The molecule has 0 saturated heterocycles. The van der Waals surface area contributed by atoms with Gasteiger partial charge in [0.05, 0.1) is 17.2 Å². The van der Waals surface area contributed by atoms with Crippen LogP contribution in [0.5, 0.6) is 0 Å². The van der Waals surface area contributed by atoms with E-state index in [1.54, 1.807) is 30.3 Å². The molecule has 0 bridgehead atoms. The van der Waals surface area contributed by atoms with Gasteiger partial charge in [-0.15, -0.1) is 11.3 Å². The predicted molar refractivity (Wildman–Crippen MR) is 78.6 cm³/mol. The SMILES string of the molecule is CC(Nc1cccc(C(=O)N(C)C)c1)c1cscn1. The molecule has 0 aliphatic heterocycles. The van der Waals surface area contributed by atoms with Crippen LogP contribution >= 0.6 is 11.3 Å². The van der Waals surface area contributed by atoms with Gasteiger partial charge < -0.3 is 10.2 Å². The number of hydrogen-bond acceptors (Lipinski definition) is 4. The van der Waals surface area contributed by atoms with E-state index in [-0.39, 0.29) is 11.9 Å². The van der Waals surface area contributed by atoms with Crippen LogP contribution < -0.4 is 5.32 Å². The third kappa shape index (κ3) is 3.32. The number of amides is 1. The number of anilines is 1. The second-order valence-corrected chi connectivity index (χ2v) is 5.28. The van der Waals surface area contributed by atoms with Crippen LogP contribution in [0.4, 0.5) is 5.69 Å². The zero-order chi connectivity index (χ0) is 13.8. The van der Waals surface area contributed by atoms with Crippen molar-refractivity contribution in [3.05, 3.63) is 46.4 Å². The van der Waals surface area contributed by atoms with Crippen LogP contribution in [0.15, 0.2) is 35.2 Å². The molecule has 0 fully saturated rings. The Labute approximate surface area is 117 Å². The maximum atomic E-state index is 11.9. The Kier molecular flexibility index (Phi) is 4.16. The van der Waals surface area contributed by atoms with Gasteiger partial charge in [0.2, 0.25) is 0 Å². The summed E-state index contributed by atoms with van der Waals surface area (Å²) in [5.74, 6) is 0.00459. The van der Waals surface area contributed by atoms with E-state index in [0.717, 1.165) is 11.4 Å². The monoisotopic (exact) mass is 275 g/mol. The van der Waals surface area contributed by atoms with Gasteiger partial charge in [-0.05, 0) is 25.1 Å². The fraction of sp³-hybridized carbons (Fsp3) is 0.286. The Balaban J connectivity index is 2.13. The molecular formula is C14H17N3OS. The summed E-state index contributed by atoms with van der Waals surface area (Å²) < 4.78 is 0. The fourth-order valence-corrected chi connectivity index (χ4v) is 2.41. The molecule has 5 heteroatoms. The molecule has 1 atom stereocenters. The van der Waals surface area contributed by atoms with Crippen molar-refractivity contribution >= 4 is 22.9 Å². The van der Waals surface area contributed by atoms with Crippen LogP contribution in [0, 0.1) is 0 Å². The second kappa shape index (κ2) is 5.84. The lowest BCUT2D eigenvalue weighted by molar-refractivity contribution is 0.0827. The lowest BCUT2D eigenvalue weighted by Gasteiger charge is -2.15. The number of carbonyl (C=O) groups excluding carboxylic acids is 1. The summed E-state index contributed by atoms with van der Waals surface area (Å²) >= 11 is 1.58. The van der Waals surface area contributed by atoms with Gasteiger partial charge in [-0.1, -0.05) is 6.07 Å². The standard InChI is InChI=1S/C14H17N3OS/c1-10(13-8-19-9-15-13)16-12-6-4-5-11(7-12)14(18)17(2)3/h4-10,16H,1-3H3. The highest BCUT2D eigenvalue weighted by atomic mass is 32.1. The van der Waals surface area contributed by atoms with Crippen molar-refractivity contribution in [2.75, 3.05) is 19.4 Å². The van der Waals surface area contributed by atoms with Crippen molar-refractivity contribution in [1.82, 2.24) is 9.88 Å². The first-order valence-corrected chi connectivity index (χ1v) is 6.98. The van der Waals surface area contributed by atoms with Gasteiger partial charge in [-0.3, -0.25) is 4.79 Å². The number of aromatic nitrogens is 1. The number of benzene rings is 1. The quantitative estimate of drug-likeness (QED) is 0.933. The Hall–Kier alpha value is -1.88. The highest BCUT2D eigenvalue weighted by molar-refractivity contribution is 7.07. The largest absolute Gasteiger partial charge is 0.377 e. The zero-order valence-electron chi connectivity index (χ0n) is 11.3. The number of thiazole rings is 1. The zero-order valence-corrected chi connectivity index (χ0v) is 12.1. The molecular weight excluding hydrogens is 258 g/mol. The Morgan fingerprint density at radius 3 is 2.84 bits per heavy atom. The minimum absolute atomic E-state index is 0.00459. The van der Waals surface area contributed by atoms with Crippen molar-refractivity contribution in [2.45, 2.75) is 13.0 Å². The van der Waals surface area contributed by atoms with Crippen LogP contribution in [-0.2, 0) is 0 Å². The molecule has 1 aromatic heterocycles. The molecule has 19 heavy (non-hydrogen) atoms. The van der Waals surface area contributed by atoms with E-state index >= 15 is 0 Å². The lowest BCUT2D eigenvalue weighted by atomic mass is 10.1. The smallest absolute Gasteiger partial charge is 0.253 e. The average molecular weight is 275 g/mol. The summed E-state index contributed by atoms with van der Waals surface area (Å²) in [5.41, 5.74) is 4.43. The molecule has 4 nitrogen and oxygen atoms in total. The molecule has 0 radical (unpaired) electrons. The summed E-state index contributed by atoms with van der Waals surface area (Å²) in [4.78, 5) is 17.7. The van der Waals surface area contributed by atoms with Gasteiger partial charge in [-0.25, -0.2) is 4.98 Å². The average Bonchev–Trinajstić information content (AvgIpc) is 2.92. The topological polar surface area (TPSA) is 45.2 Å². The second-order valence-electron chi connectivity index (χ2n) is 4.56. The van der Waals surface area contributed by atoms with Crippen LogP contribution in [0.1, 0.15) is 29.0 Å². The van der Waals surface area contributed by atoms with E-state index in [9.17, 15) is 4.79 Å². The van der Waals surface area contributed by atoms with E-state index in [2.05, 4.69) is 17.2 Å². The first-order valence-electron chi connectivity index (χ1n) is 6.04. The molecule has 0 saturated carbocycles. The van der Waals surface area contributed by atoms with Crippen LogP contribution in [0.3, 0.4) is 0 Å². The van der Waals surface area contributed by atoms with Gasteiger partial charge in [0.25, 0.3) is 5.91 Å². The number of hydrogen-bond donors (Lipinski definition) is 1. The van der Waals surface area contributed by atoms with Gasteiger partial charge in [0.15, 0.2) is 0 Å². The fourth-order valence-electron chi connectivity index (χ4n) is 1.76. The molecule has 0 aliphatic rings. The highest BCUT2D eigenvalue weighted by Gasteiger charge is 2.10. The third-order valence-corrected chi connectivity index (χ3v) is 3.40. The highest BCUT2D eigenvalue weighted by Crippen LogP contribution is 2.20. The van der Waals surface area contributed by atoms with E-state index in [1.807, 2.05) is 35.2 Å². The van der Waals surface area contributed by atoms with Crippen molar-refractivity contribution < 1.29 is 4.79 Å². The Bertz CT molecular complexity index is 552. The summed E-state index contributed by atoms with van der Waals surface area (Å²) in [6, 6.07) is 7.64. The molecule has 2 rings (SSSR count). The molecule has 1 heterocycles. The summed E-state index contributed by atoms with van der Waals surface area (Å²) in [5, 5.41) is 5.37. The Morgan fingerprint density at radius 2 is 2.21 bits per heavy atom. The molecule has 1 aromatic carbocycles. The maximum Gasteiger partial charge on any atom is 0.253 e. The number of nitrogens with one attached hydrogen (secondary N) is 1. The van der Waals surface area contributed by atoms with E-state index in [4.69, 9.17) is 0 Å².